The molecule has 10 heavy (non-hydrogen) atoms. The number of rotatable bonds is 1. The van der Waals surface area contributed by atoms with Crippen LogP contribution in [0.3, 0.4) is 0 Å². The second-order valence-electron chi connectivity index (χ2n) is 1.69. The van der Waals surface area contributed by atoms with Crippen LogP contribution in [-0.2, 0) is 0 Å². The van der Waals surface area contributed by atoms with Gasteiger partial charge in [0.05, 0.1) is 0 Å². The fourth-order valence-corrected chi connectivity index (χ4v) is 1.36. The molecule has 0 aliphatic heterocycles. The van der Waals surface area contributed by atoms with E-state index in [1.807, 2.05) is 0 Å². The Hall–Kier alpha value is -0.971. The summed E-state index contributed by atoms with van der Waals surface area (Å²) in [5, 5.41) is 17.2. The molecule has 0 saturated carbocycles. The molecule has 50 valence electrons. The Morgan fingerprint density at radius 1 is 1.30 bits per heavy atom. The van der Waals surface area contributed by atoms with Crippen molar-refractivity contribution in [3.8, 4) is 10.7 Å². The number of phenolic OH excluding ortho intramolecular Hbond substituents is 1. The molecule has 1 N–H and O–H groups in total. The maximum atomic E-state index is 8.85. The van der Waals surface area contributed by atoms with Gasteiger partial charge < -0.3 is 0 Å². The third-order valence-corrected chi connectivity index (χ3v) is 2.26. The van der Waals surface area contributed by atoms with E-state index in [1.165, 1.54) is 0 Å². The van der Waals surface area contributed by atoms with Gasteiger partial charge in [0.25, 0.3) is 0 Å². The molecule has 0 aliphatic rings. The van der Waals surface area contributed by atoms with Gasteiger partial charge in [-0.05, 0) is 0 Å². The van der Waals surface area contributed by atoms with Gasteiger partial charge in [0.1, 0.15) is 0 Å². The van der Waals surface area contributed by atoms with Crippen LogP contribution in [0.5, 0.6) is 5.75 Å². The number of hydrogen-bond acceptors (Lipinski definition) is 2. The number of phenols is 1. The van der Waals surface area contributed by atoms with Crippen LogP contribution in [0.1, 0.15) is 0 Å². The Morgan fingerprint density at radius 2 is 1.90 bits per heavy atom. The van der Waals surface area contributed by atoms with Gasteiger partial charge >= 0.3 is 64.8 Å². The average Bonchev–Trinajstić information content (AvgIpc) is 1.95. The standard InChI is InChI=1S/C7H5NOSe/c8-5-10-7-3-1-6(9)2-4-7/h1-4,9H. The van der Waals surface area contributed by atoms with Crippen LogP contribution in [0.4, 0.5) is 0 Å². The fourth-order valence-electron chi connectivity index (χ4n) is 0.567. The molecule has 0 radical (unpaired) electrons. The number of nitrogens with zero attached hydrogens (tertiary/aromatic N) is 1. The zero-order valence-corrected chi connectivity index (χ0v) is 6.83. The summed E-state index contributed by atoms with van der Waals surface area (Å²) in [7, 11) is 0. The summed E-state index contributed by atoms with van der Waals surface area (Å²) in [6, 6.07) is 6.71. The molecule has 0 spiro atoms. The predicted molar refractivity (Wildman–Crippen MR) is 39.1 cm³/mol. The van der Waals surface area contributed by atoms with Gasteiger partial charge in [-0.15, -0.1) is 0 Å². The van der Waals surface area contributed by atoms with Crippen LogP contribution < -0.4 is 4.46 Å². The van der Waals surface area contributed by atoms with Gasteiger partial charge in [0.15, 0.2) is 0 Å². The number of aromatic hydroxyl groups is 1. The van der Waals surface area contributed by atoms with Crippen molar-refractivity contribution in [1.82, 2.24) is 0 Å². The minimum atomic E-state index is -0.103. The molecule has 0 aromatic heterocycles. The molecule has 3 heteroatoms. The molecule has 0 atom stereocenters. The molecule has 1 aromatic rings. The van der Waals surface area contributed by atoms with Crippen LogP contribution in [0.15, 0.2) is 24.3 Å². The topological polar surface area (TPSA) is 44.0 Å². The number of hydrogen-bond donors (Lipinski definition) is 1. The van der Waals surface area contributed by atoms with E-state index in [9.17, 15) is 0 Å². The third-order valence-electron chi connectivity index (χ3n) is 1.00. The molecule has 1 aromatic carbocycles. The molecule has 2 nitrogen and oxygen atoms in total. The molecule has 0 saturated heterocycles. The van der Waals surface area contributed by atoms with E-state index in [0.717, 1.165) is 4.46 Å². The van der Waals surface area contributed by atoms with Crippen molar-refractivity contribution < 1.29 is 5.11 Å². The summed E-state index contributed by atoms with van der Waals surface area (Å²) in [6.07, 6.45) is 0. The van der Waals surface area contributed by atoms with E-state index in [-0.39, 0.29) is 20.7 Å². The van der Waals surface area contributed by atoms with Gasteiger partial charge in [-0.2, -0.15) is 0 Å². The maximum absolute atomic E-state index is 8.85. The van der Waals surface area contributed by atoms with Crippen molar-refractivity contribution in [2.75, 3.05) is 0 Å². The minimum absolute atomic E-state index is 0.103. The zero-order chi connectivity index (χ0) is 7.40. The Kier molecular flexibility index (Phi) is 2.33. The van der Waals surface area contributed by atoms with Crippen molar-refractivity contribution in [1.29, 1.82) is 5.26 Å². The first kappa shape index (κ1) is 7.14. The fraction of sp³-hybridized carbons (Fsp3) is 0. The van der Waals surface area contributed by atoms with E-state index < -0.39 is 0 Å². The van der Waals surface area contributed by atoms with Crippen molar-refractivity contribution in [3.05, 3.63) is 24.3 Å². The molecule has 0 aliphatic carbocycles. The molecule has 0 bridgehead atoms. The van der Waals surface area contributed by atoms with E-state index in [2.05, 4.69) is 4.97 Å². The Balaban J connectivity index is 2.81. The van der Waals surface area contributed by atoms with E-state index >= 15 is 0 Å². The summed E-state index contributed by atoms with van der Waals surface area (Å²) in [5.74, 6) is 0.248. The molecule has 0 fully saturated rings. The Labute approximate surface area is 65.3 Å². The summed E-state index contributed by atoms with van der Waals surface area (Å²) >= 11 is -0.103. The number of nitriles is 1. The summed E-state index contributed by atoms with van der Waals surface area (Å²) in [6.45, 7) is 0. The number of benzene rings is 1. The van der Waals surface area contributed by atoms with Gasteiger partial charge in [0, 0.05) is 0 Å². The van der Waals surface area contributed by atoms with Gasteiger partial charge in [-0.25, -0.2) is 0 Å². The van der Waals surface area contributed by atoms with Crippen molar-refractivity contribution in [2.45, 2.75) is 0 Å². The first-order valence-corrected chi connectivity index (χ1v) is 4.39. The van der Waals surface area contributed by atoms with E-state index in [4.69, 9.17) is 10.4 Å². The third kappa shape index (κ3) is 1.77. The molecule has 0 amide bonds. The van der Waals surface area contributed by atoms with Crippen molar-refractivity contribution in [3.63, 3.8) is 0 Å². The summed E-state index contributed by atoms with van der Waals surface area (Å²) in [4.78, 5) is 2.08. The molecule has 0 unspecified atom stereocenters. The normalized spacial score (nSPS) is 8.70. The van der Waals surface area contributed by atoms with E-state index in [0.29, 0.717) is 0 Å². The first-order valence-electron chi connectivity index (χ1n) is 2.68. The summed E-state index contributed by atoms with van der Waals surface area (Å²) in [5.41, 5.74) is 0. The average molecular weight is 198 g/mol. The van der Waals surface area contributed by atoms with Crippen LogP contribution >= 0.6 is 0 Å². The SMILES string of the molecule is N#C[Se]c1ccc(O)cc1. The van der Waals surface area contributed by atoms with Crippen LogP contribution in [0, 0.1) is 10.2 Å². The Bertz CT molecular complexity index is 249. The second kappa shape index (κ2) is 3.26. The molecule has 1 rings (SSSR count). The van der Waals surface area contributed by atoms with Gasteiger partial charge in [0.2, 0.25) is 0 Å². The van der Waals surface area contributed by atoms with Gasteiger partial charge in [-0.3, -0.25) is 0 Å². The first-order chi connectivity index (χ1) is 4.83. The second-order valence-corrected chi connectivity index (χ2v) is 3.49. The molecular formula is C7H5NOSe. The van der Waals surface area contributed by atoms with Crippen LogP contribution in [-0.4, -0.2) is 20.1 Å². The molecule has 0 heterocycles. The van der Waals surface area contributed by atoms with E-state index in [1.54, 1.807) is 24.3 Å². The van der Waals surface area contributed by atoms with Crippen molar-refractivity contribution >= 4 is 19.4 Å². The molecular weight excluding hydrogens is 193 g/mol. The summed E-state index contributed by atoms with van der Waals surface area (Å²) < 4.78 is 0.993. The Morgan fingerprint density at radius 3 is 2.40 bits per heavy atom. The van der Waals surface area contributed by atoms with Gasteiger partial charge in [-0.1, -0.05) is 0 Å². The quantitative estimate of drug-likeness (QED) is 0.655. The predicted octanol–water partition coefficient (Wildman–Crippen LogP) is 0.203. The zero-order valence-electron chi connectivity index (χ0n) is 5.11. The van der Waals surface area contributed by atoms with Crippen LogP contribution in [0.25, 0.3) is 0 Å². The van der Waals surface area contributed by atoms with Crippen LogP contribution in [0.2, 0.25) is 0 Å². The van der Waals surface area contributed by atoms with Crippen molar-refractivity contribution in [2.24, 2.45) is 0 Å². The monoisotopic (exact) mass is 199 g/mol.